The Hall–Kier alpha value is -2.31. The number of nitrogens with two attached hydrogens (primary N) is 1. The maximum absolute atomic E-state index is 13.1. The molecule has 0 saturated carbocycles. The number of hydrogen-bond donors (Lipinski definition) is 1. The highest BCUT2D eigenvalue weighted by atomic mass is 35.5. The second-order valence-electron chi connectivity index (χ2n) is 8.11. The topological polar surface area (TPSA) is 79.8 Å². The van der Waals surface area contributed by atoms with Gasteiger partial charge in [0, 0.05) is 50.5 Å². The molecule has 2 saturated heterocycles. The van der Waals surface area contributed by atoms with Crippen molar-refractivity contribution in [1.82, 2.24) is 9.80 Å². The number of furan rings is 1. The van der Waals surface area contributed by atoms with Crippen molar-refractivity contribution in [3.8, 4) is 0 Å². The average molecular weight is 432 g/mol. The molecule has 0 bridgehead atoms. The highest BCUT2D eigenvalue weighted by molar-refractivity contribution is 5.91. The lowest BCUT2D eigenvalue weighted by Gasteiger charge is -2.32. The Bertz CT molecular complexity index is 862. The van der Waals surface area contributed by atoms with E-state index >= 15 is 0 Å². The highest BCUT2D eigenvalue weighted by Gasteiger charge is 2.38. The van der Waals surface area contributed by atoms with Crippen molar-refractivity contribution in [3.05, 3.63) is 59.5 Å². The van der Waals surface area contributed by atoms with Gasteiger partial charge in [0.2, 0.25) is 5.91 Å². The fourth-order valence-electron chi connectivity index (χ4n) is 4.49. The summed E-state index contributed by atoms with van der Waals surface area (Å²) in [5.74, 6) is 1.46. The standard InChI is InChI=1S/C23H29N3O3.ClH/c1-2-18-8-9-21(29-18)23(28)25-12-10-17(11-13-25)22(27)26-14-19(20(24)15-26)16-6-4-3-5-7-16;/h3-9,17,19-20H,2,10-15,24H2,1H3;1H/t19-,20+;/m0./s1. The van der Waals surface area contributed by atoms with E-state index in [1.54, 1.807) is 11.0 Å². The van der Waals surface area contributed by atoms with E-state index in [1.807, 2.05) is 36.1 Å². The third kappa shape index (κ3) is 4.55. The minimum absolute atomic E-state index is 0. The summed E-state index contributed by atoms with van der Waals surface area (Å²) in [6.07, 6.45) is 2.15. The van der Waals surface area contributed by atoms with Crippen molar-refractivity contribution >= 4 is 24.2 Å². The number of halogens is 1. The van der Waals surface area contributed by atoms with Crippen LogP contribution in [0.15, 0.2) is 46.9 Å². The van der Waals surface area contributed by atoms with Crippen molar-refractivity contribution in [2.45, 2.75) is 38.1 Å². The van der Waals surface area contributed by atoms with Crippen LogP contribution in [0, 0.1) is 5.92 Å². The van der Waals surface area contributed by atoms with Gasteiger partial charge in [0.25, 0.3) is 5.91 Å². The molecule has 7 heteroatoms. The zero-order valence-electron chi connectivity index (χ0n) is 17.3. The molecule has 2 N–H and O–H groups in total. The minimum atomic E-state index is -0.0806. The van der Waals surface area contributed by atoms with Gasteiger partial charge in [-0.2, -0.15) is 0 Å². The average Bonchev–Trinajstić information content (AvgIpc) is 3.40. The Labute approximate surface area is 183 Å². The number of carbonyl (C=O) groups excluding carboxylic acids is 2. The Morgan fingerprint density at radius 3 is 2.37 bits per heavy atom. The summed E-state index contributed by atoms with van der Waals surface area (Å²) in [6, 6.07) is 13.8. The van der Waals surface area contributed by atoms with Crippen LogP contribution < -0.4 is 5.73 Å². The lowest BCUT2D eigenvalue weighted by atomic mass is 9.94. The molecule has 30 heavy (non-hydrogen) atoms. The minimum Gasteiger partial charge on any atom is -0.456 e. The molecule has 2 aliphatic heterocycles. The number of carbonyl (C=O) groups is 2. The van der Waals surface area contributed by atoms with Crippen LogP contribution in [-0.2, 0) is 11.2 Å². The molecule has 0 unspecified atom stereocenters. The Kier molecular flexibility index (Phi) is 7.21. The smallest absolute Gasteiger partial charge is 0.289 e. The van der Waals surface area contributed by atoms with Gasteiger partial charge in [-0.3, -0.25) is 9.59 Å². The van der Waals surface area contributed by atoms with Crippen LogP contribution in [0.2, 0.25) is 0 Å². The molecule has 2 aliphatic rings. The zero-order chi connectivity index (χ0) is 20.4. The molecule has 4 rings (SSSR count). The summed E-state index contributed by atoms with van der Waals surface area (Å²) in [4.78, 5) is 29.4. The van der Waals surface area contributed by atoms with E-state index in [2.05, 4.69) is 12.1 Å². The Morgan fingerprint density at radius 2 is 1.73 bits per heavy atom. The normalized spacial score (nSPS) is 22.1. The number of aryl methyl sites for hydroxylation is 1. The maximum Gasteiger partial charge on any atom is 0.289 e. The van der Waals surface area contributed by atoms with E-state index in [-0.39, 0.29) is 42.1 Å². The van der Waals surface area contributed by atoms with E-state index < -0.39 is 0 Å². The molecular formula is C23H30ClN3O3. The van der Waals surface area contributed by atoms with Gasteiger partial charge in [0.15, 0.2) is 5.76 Å². The van der Waals surface area contributed by atoms with E-state index in [9.17, 15) is 9.59 Å². The van der Waals surface area contributed by atoms with Crippen LogP contribution in [-0.4, -0.2) is 53.8 Å². The molecule has 2 amide bonds. The molecule has 0 spiro atoms. The first-order valence-corrected chi connectivity index (χ1v) is 10.5. The zero-order valence-corrected chi connectivity index (χ0v) is 18.1. The summed E-state index contributed by atoms with van der Waals surface area (Å²) in [5, 5.41) is 0. The van der Waals surface area contributed by atoms with Gasteiger partial charge in [-0.15, -0.1) is 12.4 Å². The molecule has 2 atom stereocenters. The van der Waals surface area contributed by atoms with Crippen molar-refractivity contribution in [2.75, 3.05) is 26.2 Å². The summed E-state index contributed by atoms with van der Waals surface area (Å²) < 4.78 is 5.59. The number of nitrogens with zero attached hydrogens (tertiary/aromatic N) is 2. The largest absolute Gasteiger partial charge is 0.456 e. The second-order valence-corrected chi connectivity index (χ2v) is 8.11. The summed E-state index contributed by atoms with van der Waals surface area (Å²) in [5.41, 5.74) is 7.55. The number of hydrogen-bond acceptors (Lipinski definition) is 4. The van der Waals surface area contributed by atoms with E-state index in [0.29, 0.717) is 44.8 Å². The fraction of sp³-hybridized carbons (Fsp3) is 0.478. The highest BCUT2D eigenvalue weighted by Crippen LogP contribution is 2.29. The van der Waals surface area contributed by atoms with Gasteiger partial charge in [-0.1, -0.05) is 37.3 Å². The van der Waals surface area contributed by atoms with Crippen LogP contribution in [0.5, 0.6) is 0 Å². The monoisotopic (exact) mass is 431 g/mol. The lowest BCUT2D eigenvalue weighted by molar-refractivity contribution is -0.135. The van der Waals surface area contributed by atoms with Crippen LogP contribution in [0.25, 0.3) is 0 Å². The van der Waals surface area contributed by atoms with Gasteiger partial charge < -0.3 is 20.0 Å². The number of piperidine rings is 1. The van der Waals surface area contributed by atoms with Crippen LogP contribution >= 0.6 is 12.4 Å². The molecule has 3 heterocycles. The molecule has 1 aromatic heterocycles. The van der Waals surface area contributed by atoms with Crippen molar-refractivity contribution < 1.29 is 14.0 Å². The fourth-order valence-corrected chi connectivity index (χ4v) is 4.49. The molecule has 0 aliphatic carbocycles. The lowest BCUT2D eigenvalue weighted by Crippen LogP contribution is -2.44. The van der Waals surface area contributed by atoms with Crippen molar-refractivity contribution in [2.24, 2.45) is 11.7 Å². The third-order valence-corrected chi connectivity index (χ3v) is 6.26. The van der Waals surface area contributed by atoms with E-state index in [1.165, 1.54) is 5.56 Å². The van der Waals surface area contributed by atoms with Gasteiger partial charge >= 0.3 is 0 Å². The SMILES string of the molecule is CCc1ccc(C(=O)N2CCC(C(=O)N3C[C@@H](N)[C@H](c4ccccc4)C3)CC2)o1.Cl. The first kappa shape index (κ1) is 22.4. The first-order chi connectivity index (χ1) is 14.1. The summed E-state index contributed by atoms with van der Waals surface area (Å²) in [7, 11) is 0. The molecule has 1 aromatic carbocycles. The number of likely N-dealkylation sites (tertiary alicyclic amines) is 2. The molecule has 162 valence electrons. The van der Waals surface area contributed by atoms with Gasteiger partial charge in [0.05, 0.1) is 0 Å². The molecular weight excluding hydrogens is 402 g/mol. The predicted octanol–water partition coefficient (Wildman–Crippen LogP) is 3.07. The first-order valence-electron chi connectivity index (χ1n) is 10.5. The van der Waals surface area contributed by atoms with Crippen LogP contribution in [0.3, 0.4) is 0 Å². The number of benzene rings is 1. The predicted molar refractivity (Wildman–Crippen MR) is 118 cm³/mol. The summed E-state index contributed by atoms with van der Waals surface area (Å²) in [6.45, 7) is 4.44. The van der Waals surface area contributed by atoms with Crippen molar-refractivity contribution in [1.29, 1.82) is 0 Å². The van der Waals surface area contributed by atoms with Gasteiger partial charge in [-0.05, 0) is 30.5 Å². The Morgan fingerprint density at radius 1 is 1.03 bits per heavy atom. The molecule has 2 aromatic rings. The summed E-state index contributed by atoms with van der Waals surface area (Å²) >= 11 is 0. The Balaban J connectivity index is 0.00000256. The van der Waals surface area contributed by atoms with Crippen LogP contribution in [0.1, 0.15) is 47.6 Å². The molecule has 6 nitrogen and oxygen atoms in total. The second kappa shape index (κ2) is 9.67. The quantitative estimate of drug-likeness (QED) is 0.806. The van der Waals surface area contributed by atoms with Gasteiger partial charge in [-0.25, -0.2) is 0 Å². The number of amides is 2. The molecule has 0 radical (unpaired) electrons. The van der Waals surface area contributed by atoms with E-state index in [4.69, 9.17) is 10.2 Å². The maximum atomic E-state index is 13.1. The van der Waals surface area contributed by atoms with Gasteiger partial charge in [0.1, 0.15) is 5.76 Å². The van der Waals surface area contributed by atoms with E-state index in [0.717, 1.165) is 12.2 Å². The third-order valence-electron chi connectivity index (χ3n) is 6.26. The van der Waals surface area contributed by atoms with Crippen LogP contribution in [0.4, 0.5) is 0 Å². The number of rotatable bonds is 4. The van der Waals surface area contributed by atoms with Crippen molar-refractivity contribution in [3.63, 3.8) is 0 Å². The molecule has 2 fully saturated rings.